The lowest BCUT2D eigenvalue weighted by Gasteiger charge is -2.13. The van der Waals surface area contributed by atoms with E-state index in [0.29, 0.717) is 11.7 Å². The highest BCUT2D eigenvalue weighted by Crippen LogP contribution is 2.38. The van der Waals surface area contributed by atoms with Gasteiger partial charge in [0.2, 0.25) is 0 Å². The first kappa shape index (κ1) is 12.9. The molecule has 0 aromatic heterocycles. The molecule has 1 aromatic carbocycles. The Morgan fingerprint density at radius 3 is 2.78 bits per heavy atom. The van der Waals surface area contributed by atoms with Gasteiger partial charge in [-0.3, -0.25) is 0 Å². The van der Waals surface area contributed by atoms with Crippen LogP contribution in [-0.2, 0) is 4.79 Å². The average Bonchev–Trinajstić information content (AvgIpc) is 2.74. The minimum atomic E-state index is -0.942. The van der Waals surface area contributed by atoms with Crippen LogP contribution < -0.4 is 4.74 Å². The van der Waals surface area contributed by atoms with Gasteiger partial charge >= 0.3 is 5.97 Å². The van der Waals surface area contributed by atoms with Crippen molar-refractivity contribution < 1.29 is 14.6 Å². The van der Waals surface area contributed by atoms with Crippen molar-refractivity contribution >= 4 is 5.97 Å². The van der Waals surface area contributed by atoms with Gasteiger partial charge in [-0.05, 0) is 48.8 Å². The maximum absolute atomic E-state index is 10.5. The minimum Gasteiger partial charge on any atom is -0.482 e. The predicted molar refractivity (Wildman–Crippen MR) is 70.1 cm³/mol. The second kappa shape index (κ2) is 5.42. The fourth-order valence-corrected chi connectivity index (χ4v) is 2.74. The molecular formula is C15H20O3. The van der Waals surface area contributed by atoms with Crippen LogP contribution in [0.25, 0.3) is 0 Å². The molecule has 0 bridgehead atoms. The van der Waals surface area contributed by atoms with Crippen LogP contribution in [0.1, 0.15) is 43.2 Å². The van der Waals surface area contributed by atoms with Crippen molar-refractivity contribution in [1.29, 1.82) is 0 Å². The lowest BCUT2D eigenvalue weighted by molar-refractivity contribution is -0.139. The largest absolute Gasteiger partial charge is 0.482 e. The molecule has 1 aromatic rings. The van der Waals surface area contributed by atoms with Gasteiger partial charge in [0.25, 0.3) is 0 Å². The molecule has 2 rings (SSSR count). The lowest BCUT2D eigenvalue weighted by Crippen LogP contribution is -2.10. The molecule has 1 aliphatic rings. The Hall–Kier alpha value is -1.51. The maximum atomic E-state index is 10.5. The number of hydrogen-bond donors (Lipinski definition) is 1. The Bertz CT molecular complexity index is 439. The molecule has 98 valence electrons. The molecule has 1 N–H and O–H groups in total. The van der Waals surface area contributed by atoms with E-state index in [4.69, 9.17) is 9.84 Å². The number of hydrogen-bond acceptors (Lipinski definition) is 2. The number of carboxylic acid groups (broad SMARTS) is 1. The van der Waals surface area contributed by atoms with Gasteiger partial charge in [0.1, 0.15) is 5.75 Å². The van der Waals surface area contributed by atoms with Gasteiger partial charge in [0.15, 0.2) is 6.61 Å². The van der Waals surface area contributed by atoms with Crippen LogP contribution in [0.15, 0.2) is 18.2 Å². The van der Waals surface area contributed by atoms with Crippen LogP contribution in [0.3, 0.4) is 0 Å². The van der Waals surface area contributed by atoms with Gasteiger partial charge in [0.05, 0.1) is 0 Å². The molecule has 3 heteroatoms. The number of carbonyl (C=O) groups is 1. The molecule has 3 nitrogen and oxygen atoms in total. The van der Waals surface area contributed by atoms with Crippen LogP contribution in [-0.4, -0.2) is 17.7 Å². The molecule has 0 aliphatic heterocycles. The molecule has 0 heterocycles. The second-order valence-corrected chi connectivity index (χ2v) is 5.32. The Labute approximate surface area is 108 Å². The third kappa shape index (κ3) is 3.03. The van der Waals surface area contributed by atoms with Crippen molar-refractivity contribution in [3.8, 4) is 5.75 Å². The second-order valence-electron chi connectivity index (χ2n) is 5.32. The summed E-state index contributed by atoms with van der Waals surface area (Å²) in [5.74, 6) is 1.21. The first-order chi connectivity index (χ1) is 8.56. The van der Waals surface area contributed by atoms with E-state index in [-0.39, 0.29) is 6.61 Å². The van der Waals surface area contributed by atoms with E-state index in [2.05, 4.69) is 19.1 Å². The standard InChI is InChI=1S/C15H20O3/c1-10-3-4-12(7-10)13-5-6-14(11(2)8-13)18-9-15(16)17/h5-6,8,10,12H,3-4,7,9H2,1-2H3,(H,16,17)/t10-,12?/m0/s1. The third-order valence-corrected chi connectivity index (χ3v) is 3.72. The number of rotatable bonds is 4. The van der Waals surface area contributed by atoms with E-state index in [1.54, 1.807) is 0 Å². The minimum absolute atomic E-state index is 0.277. The van der Waals surface area contributed by atoms with E-state index >= 15 is 0 Å². The van der Waals surface area contributed by atoms with Crippen molar-refractivity contribution in [3.05, 3.63) is 29.3 Å². The zero-order valence-corrected chi connectivity index (χ0v) is 11.0. The summed E-state index contributed by atoms with van der Waals surface area (Å²) in [6.07, 6.45) is 3.83. The smallest absolute Gasteiger partial charge is 0.341 e. The zero-order valence-electron chi connectivity index (χ0n) is 11.0. The molecule has 0 spiro atoms. The Morgan fingerprint density at radius 1 is 1.44 bits per heavy atom. The first-order valence-electron chi connectivity index (χ1n) is 6.51. The van der Waals surface area contributed by atoms with Crippen LogP contribution in [0.2, 0.25) is 0 Å². The van der Waals surface area contributed by atoms with Gasteiger partial charge in [-0.25, -0.2) is 4.79 Å². The summed E-state index contributed by atoms with van der Waals surface area (Å²) in [5, 5.41) is 8.60. The summed E-state index contributed by atoms with van der Waals surface area (Å²) in [4.78, 5) is 10.5. The summed E-state index contributed by atoms with van der Waals surface area (Å²) >= 11 is 0. The summed E-state index contributed by atoms with van der Waals surface area (Å²) in [7, 11) is 0. The lowest BCUT2D eigenvalue weighted by atomic mass is 9.95. The topological polar surface area (TPSA) is 46.5 Å². The predicted octanol–water partition coefficient (Wildman–Crippen LogP) is 3.36. The molecular weight excluding hydrogens is 228 g/mol. The summed E-state index contributed by atoms with van der Waals surface area (Å²) in [6, 6.07) is 6.11. The van der Waals surface area contributed by atoms with Gasteiger partial charge in [-0.1, -0.05) is 25.5 Å². The number of aryl methyl sites for hydroxylation is 1. The number of carboxylic acids is 1. The van der Waals surface area contributed by atoms with Crippen LogP contribution in [0, 0.1) is 12.8 Å². The molecule has 1 fully saturated rings. The third-order valence-electron chi connectivity index (χ3n) is 3.72. The van der Waals surface area contributed by atoms with E-state index in [1.807, 2.05) is 13.0 Å². The van der Waals surface area contributed by atoms with Gasteiger partial charge in [0, 0.05) is 0 Å². The molecule has 0 radical (unpaired) electrons. The monoisotopic (exact) mass is 248 g/mol. The summed E-state index contributed by atoms with van der Waals surface area (Å²) < 4.78 is 5.24. The number of aliphatic carboxylic acids is 1. The van der Waals surface area contributed by atoms with E-state index in [9.17, 15) is 4.79 Å². The molecule has 0 saturated heterocycles. The first-order valence-corrected chi connectivity index (χ1v) is 6.51. The van der Waals surface area contributed by atoms with Gasteiger partial charge < -0.3 is 9.84 Å². The van der Waals surface area contributed by atoms with E-state index in [1.165, 1.54) is 24.8 Å². The molecule has 0 amide bonds. The fraction of sp³-hybridized carbons (Fsp3) is 0.533. The molecule has 18 heavy (non-hydrogen) atoms. The quantitative estimate of drug-likeness (QED) is 0.888. The molecule has 2 atom stereocenters. The van der Waals surface area contributed by atoms with E-state index in [0.717, 1.165) is 11.5 Å². The molecule has 1 unspecified atom stereocenters. The van der Waals surface area contributed by atoms with Crippen LogP contribution in [0.4, 0.5) is 0 Å². The molecule has 1 aliphatic carbocycles. The number of benzene rings is 1. The van der Waals surface area contributed by atoms with Crippen molar-refractivity contribution in [2.75, 3.05) is 6.61 Å². The van der Waals surface area contributed by atoms with E-state index < -0.39 is 5.97 Å². The van der Waals surface area contributed by atoms with Gasteiger partial charge in [-0.2, -0.15) is 0 Å². The van der Waals surface area contributed by atoms with Crippen LogP contribution >= 0.6 is 0 Å². The SMILES string of the molecule is Cc1cc(C2CC[C@H](C)C2)ccc1OCC(=O)O. The van der Waals surface area contributed by atoms with Gasteiger partial charge in [-0.15, -0.1) is 0 Å². The average molecular weight is 248 g/mol. The highest BCUT2D eigenvalue weighted by molar-refractivity contribution is 5.68. The summed E-state index contributed by atoms with van der Waals surface area (Å²) in [5.41, 5.74) is 2.38. The Morgan fingerprint density at radius 2 is 2.22 bits per heavy atom. The van der Waals surface area contributed by atoms with Crippen molar-refractivity contribution in [3.63, 3.8) is 0 Å². The van der Waals surface area contributed by atoms with Crippen LogP contribution in [0.5, 0.6) is 5.75 Å². The van der Waals surface area contributed by atoms with Crippen molar-refractivity contribution in [1.82, 2.24) is 0 Å². The summed E-state index contributed by atoms with van der Waals surface area (Å²) in [6.45, 7) is 4.00. The Kier molecular flexibility index (Phi) is 3.90. The zero-order chi connectivity index (χ0) is 13.1. The maximum Gasteiger partial charge on any atom is 0.341 e. The fourth-order valence-electron chi connectivity index (χ4n) is 2.74. The molecule has 1 saturated carbocycles. The normalized spacial score (nSPS) is 23.0. The number of ether oxygens (including phenoxy) is 1. The Balaban J connectivity index is 2.07. The van der Waals surface area contributed by atoms with Crippen molar-refractivity contribution in [2.24, 2.45) is 5.92 Å². The highest BCUT2D eigenvalue weighted by atomic mass is 16.5. The highest BCUT2D eigenvalue weighted by Gasteiger charge is 2.23. The van der Waals surface area contributed by atoms with Crippen molar-refractivity contribution in [2.45, 2.75) is 39.0 Å².